The van der Waals surface area contributed by atoms with Crippen molar-refractivity contribution in [2.24, 2.45) is 5.73 Å². The number of hydrogen-bond donors (Lipinski definition) is 5. The third kappa shape index (κ3) is 4.56. The summed E-state index contributed by atoms with van der Waals surface area (Å²) in [6.45, 7) is 1.24. The van der Waals surface area contributed by atoms with Crippen LogP contribution in [-0.4, -0.2) is 91.8 Å². The SMILES string of the molecule is CC(=O)OCC1=C(OC(=O)O)N2C(=O)C(N(C(=O)C(N)c3csc(=N)[nH]3)N3CCNC3=O)[C@@H]2SC1. The van der Waals surface area contributed by atoms with Gasteiger partial charge in [0.1, 0.15) is 18.0 Å². The third-order valence-corrected chi connectivity index (χ3v) is 7.38. The predicted molar refractivity (Wildman–Crippen MR) is 118 cm³/mol. The first kappa shape index (κ1) is 24.6. The highest BCUT2D eigenvalue weighted by Gasteiger charge is 2.59. The minimum atomic E-state index is -1.67. The molecule has 188 valence electrons. The van der Waals surface area contributed by atoms with E-state index in [1.165, 1.54) is 24.1 Å². The van der Waals surface area contributed by atoms with Crippen LogP contribution in [0.2, 0.25) is 0 Å². The van der Waals surface area contributed by atoms with Crippen LogP contribution in [0.15, 0.2) is 16.8 Å². The van der Waals surface area contributed by atoms with Gasteiger partial charge in [-0.2, -0.15) is 0 Å². The van der Waals surface area contributed by atoms with Gasteiger partial charge in [-0.05, 0) is 0 Å². The van der Waals surface area contributed by atoms with E-state index in [4.69, 9.17) is 20.6 Å². The summed E-state index contributed by atoms with van der Waals surface area (Å²) < 4.78 is 9.79. The molecule has 1 aromatic heterocycles. The van der Waals surface area contributed by atoms with E-state index in [9.17, 15) is 29.1 Å². The van der Waals surface area contributed by atoms with Gasteiger partial charge < -0.3 is 30.6 Å². The zero-order chi connectivity index (χ0) is 25.4. The fourth-order valence-electron chi connectivity index (χ4n) is 3.78. The average Bonchev–Trinajstić information content (AvgIpc) is 3.42. The molecule has 3 aliphatic rings. The number of fused-ring (bicyclic) bond motifs is 1. The Labute approximate surface area is 205 Å². The summed E-state index contributed by atoms with van der Waals surface area (Å²) in [6, 6.07) is -3.07. The smallest absolute Gasteiger partial charge is 0.461 e. The quantitative estimate of drug-likeness (QED) is 0.217. The van der Waals surface area contributed by atoms with Crippen molar-refractivity contribution in [3.05, 3.63) is 27.3 Å². The maximum atomic E-state index is 13.5. The number of carbonyl (C=O) groups is 5. The monoisotopic (exact) mass is 527 g/mol. The molecule has 0 spiro atoms. The molecule has 0 radical (unpaired) electrons. The third-order valence-electron chi connectivity index (χ3n) is 5.34. The molecule has 2 unspecified atom stereocenters. The molecule has 4 amide bonds. The molecule has 0 bridgehead atoms. The van der Waals surface area contributed by atoms with Crippen molar-refractivity contribution in [3.8, 4) is 0 Å². The number of carboxylic acid groups (broad SMARTS) is 1. The van der Waals surface area contributed by atoms with Crippen molar-refractivity contribution in [2.75, 3.05) is 25.4 Å². The second kappa shape index (κ2) is 9.59. The Kier molecular flexibility index (Phi) is 6.73. The van der Waals surface area contributed by atoms with E-state index < -0.39 is 47.4 Å². The van der Waals surface area contributed by atoms with E-state index in [-0.39, 0.29) is 47.4 Å². The van der Waals surface area contributed by atoms with Crippen LogP contribution in [0, 0.1) is 5.41 Å². The first-order valence-corrected chi connectivity index (χ1v) is 12.1. The molecule has 1 aromatic rings. The first-order chi connectivity index (χ1) is 16.6. The molecule has 35 heavy (non-hydrogen) atoms. The van der Waals surface area contributed by atoms with Crippen LogP contribution in [0.3, 0.4) is 0 Å². The van der Waals surface area contributed by atoms with Gasteiger partial charge in [-0.15, -0.1) is 23.1 Å². The van der Waals surface area contributed by atoms with Crippen LogP contribution in [0.25, 0.3) is 0 Å². The van der Waals surface area contributed by atoms with Crippen LogP contribution < -0.4 is 15.9 Å². The summed E-state index contributed by atoms with van der Waals surface area (Å²) in [5.41, 5.74) is 6.64. The summed E-state index contributed by atoms with van der Waals surface area (Å²) >= 11 is 2.22. The van der Waals surface area contributed by atoms with Gasteiger partial charge in [0.05, 0.1) is 12.2 Å². The molecular formula is C18H21N7O8S2. The van der Waals surface area contributed by atoms with Crippen molar-refractivity contribution in [1.29, 1.82) is 5.41 Å². The minimum Gasteiger partial charge on any atom is -0.461 e. The number of ether oxygens (including phenoxy) is 2. The van der Waals surface area contributed by atoms with Crippen molar-refractivity contribution in [2.45, 2.75) is 24.4 Å². The molecule has 3 atom stereocenters. The van der Waals surface area contributed by atoms with Crippen LogP contribution in [-0.2, 0) is 23.9 Å². The van der Waals surface area contributed by atoms with Gasteiger partial charge >= 0.3 is 18.2 Å². The second-order valence-corrected chi connectivity index (χ2v) is 9.56. The molecule has 6 N–H and O–H groups in total. The van der Waals surface area contributed by atoms with E-state index in [0.717, 1.165) is 26.3 Å². The number of aromatic nitrogens is 1. The maximum absolute atomic E-state index is 13.5. The number of hydrogen-bond acceptors (Lipinski definition) is 11. The Morgan fingerprint density at radius 2 is 2.14 bits per heavy atom. The highest BCUT2D eigenvalue weighted by Crippen LogP contribution is 2.43. The largest absolute Gasteiger partial charge is 0.512 e. The van der Waals surface area contributed by atoms with Crippen molar-refractivity contribution < 1.29 is 38.6 Å². The number of nitrogens with two attached hydrogens (primary N) is 1. The van der Waals surface area contributed by atoms with Gasteiger partial charge in [0, 0.05) is 30.2 Å². The molecule has 0 aromatic carbocycles. The van der Waals surface area contributed by atoms with Gasteiger partial charge in [0.25, 0.3) is 11.8 Å². The summed E-state index contributed by atoms with van der Waals surface area (Å²) in [7, 11) is 0. The zero-order valence-electron chi connectivity index (χ0n) is 18.2. The number of H-pyrrole nitrogens is 1. The highest BCUT2D eigenvalue weighted by molar-refractivity contribution is 8.00. The summed E-state index contributed by atoms with van der Waals surface area (Å²) in [5.74, 6) is -2.21. The number of urea groups is 1. The van der Waals surface area contributed by atoms with Gasteiger partial charge in [-0.1, -0.05) is 0 Å². The van der Waals surface area contributed by atoms with E-state index in [2.05, 4.69) is 10.3 Å². The Hall–Kier alpha value is -3.57. The van der Waals surface area contributed by atoms with Crippen LogP contribution in [0.1, 0.15) is 18.7 Å². The number of thioether (sulfide) groups is 1. The standard InChI is InChI=1S/C18H21N7O8S2/c1-7(26)32-4-8-5-34-15-11(13(28)24(15)14(8)33-18(30)31)25(23-3-2-21-17(23)29)12(27)10(19)9-6-35-16(20)22-9/h6,10-11,15H,2-5,19H2,1H3,(H2,20,22)(H,21,29)(H,30,31)/t10?,11?,15-/m0/s1. The summed E-state index contributed by atoms with van der Waals surface area (Å²) in [6.07, 6.45) is -1.67. The van der Waals surface area contributed by atoms with E-state index in [1.54, 1.807) is 0 Å². The highest BCUT2D eigenvalue weighted by atomic mass is 32.2. The lowest BCUT2D eigenvalue weighted by atomic mass is 10.0. The number of thiazole rings is 1. The molecular weight excluding hydrogens is 506 g/mol. The molecule has 4 rings (SSSR count). The number of nitrogens with one attached hydrogen (secondary N) is 3. The number of amides is 4. The number of rotatable bonds is 7. The van der Waals surface area contributed by atoms with Crippen LogP contribution in [0.4, 0.5) is 9.59 Å². The number of nitrogens with zero attached hydrogens (tertiary/aromatic N) is 3. The Morgan fingerprint density at radius 3 is 2.71 bits per heavy atom. The van der Waals surface area contributed by atoms with Crippen molar-refractivity contribution in [3.63, 3.8) is 0 Å². The van der Waals surface area contributed by atoms with E-state index in [1.807, 2.05) is 0 Å². The second-order valence-electron chi connectivity index (χ2n) is 7.57. The van der Waals surface area contributed by atoms with Crippen LogP contribution in [0.5, 0.6) is 0 Å². The molecule has 3 aliphatic heterocycles. The molecule has 0 aliphatic carbocycles. The normalized spacial score (nSPS) is 22.2. The number of β-lactam (4-membered cyclic amide) rings is 1. The van der Waals surface area contributed by atoms with Crippen molar-refractivity contribution in [1.82, 2.24) is 25.2 Å². The number of esters is 1. The fraction of sp³-hybridized carbons (Fsp3) is 0.444. The number of hydrazine groups is 1. The van der Waals surface area contributed by atoms with Crippen molar-refractivity contribution >= 4 is 53.1 Å². The first-order valence-electron chi connectivity index (χ1n) is 10.2. The predicted octanol–water partition coefficient (Wildman–Crippen LogP) is -0.923. The van der Waals surface area contributed by atoms with E-state index in [0.29, 0.717) is 0 Å². The van der Waals surface area contributed by atoms with Gasteiger partial charge in [0.15, 0.2) is 10.8 Å². The molecule has 4 heterocycles. The lowest BCUT2D eigenvalue weighted by Crippen LogP contribution is -2.74. The lowest BCUT2D eigenvalue weighted by molar-refractivity contribution is -0.175. The summed E-state index contributed by atoms with van der Waals surface area (Å²) in [4.78, 5) is 65.5. The van der Waals surface area contributed by atoms with Gasteiger partial charge in [-0.3, -0.25) is 24.7 Å². The molecule has 2 fully saturated rings. The molecule has 17 heteroatoms. The van der Waals surface area contributed by atoms with Gasteiger partial charge in [-0.25, -0.2) is 19.6 Å². The maximum Gasteiger partial charge on any atom is 0.512 e. The lowest BCUT2D eigenvalue weighted by Gasteiger charge is -2.53. The molecule has 15 nitrogen and oxygen atoms in total. The van der Waals surface area contributed by atoms with Crippen LogP contribution >= 0.6 is 23.1 Å². The number of aromatic amines is 1. The molecule has 0 saturated carbocycles. The Bertz CT molecular complexity index is 1180. The van der Waals surface area contributed by atoms with Gasteiger partial charge in [0.2, 0.25) is 5.88 Å². The summed E-state index contributed by atoms with van der Waals surface area (Å²) in [5, 5.41) is 22.2. The zero-order valence-corrected chi connectivity index (χ0v) is 19.8. The Morgan fingerprint density at radius 1 is 1.40 bits per heavy atom. The average molecular weight is 528 g/mol. The Balaban J connectivity index is 1.66. The van der Waals surface area contributed by atoms with E-state index >= 15 is 0 Å². The fourth-order valence-corrected chi connectivity index (χ4v) is 5.75. The molecule has 2 saturated heterocycles. The number of carbonyl (C=O) groups excluding carboxylic acids is 4. The topological polar surface area (TPSA) is 211 Å². The minimum absolute atomic E-state index is 0.0726.